The summed E-state index contributed by atoms with van der Waals surface area (Å²) in [6, 6.07) is 9.68. The normalized spacial score (nSPS) is 16.3. The standard InChI is InChI=1S/C22H24F3N5O3/c1-28-19(22(23,24)25)17-18(27-28)20(32)30(14-26-17)13-21(33)9-11-29(12-10-21)16(31)8-7-15-5-3-2-4-6-15/h2-6,14,33H,7-13H2,1H3. The van der Waals surface area contributed by atoms with Crippen molar-refractivity contribution in [2.24, 2.45) is 7.05 Å². The summed E-state index contributed by atoms with van der Waals surface area (Å²) in [6.07, 6.45) is -2.21. The molecule has 1 amide bonds. The lowest BCUT2D eigenvalue weighted by molar-refractivity contribution is -0.142. The van der Waals surface area contributed by atoms with Crippen LogP contribution in [0.3, 0.4) is 0 Å². The number of aliphatic hydroxyl groups is 1. The molecule has 11 heteroatoms. The Morgan fingerprint density at radius 2 is 1.82 bits per heavy atom. The van der Waals surface area contributed by atoms with Gasteiger partial charge in [0.1, 0.15) is 5.52 Å². The predicted octanol–water partition coefficient (Wildman–Crippen LogP) is 2.14. The molecule has 0 atom stereocenters. The maximum atomic E-state index is 13.2. The number of benzene rings is 1. The molecule has 0 bridgehead atoms. The topological polar surface area (TPSA) is 93.2 Å². The van der Waals surface area contributed by atoms with Crippen LogP contribution in [0.25, 0.3) is 11.0 Å². The number of amides is 1. The van der Waals surface area contributed by atoms with Crippen LogP contribution in [0, 0.1) is 0 Å². The highest BCUT2D eigenvalue weighted by atomic mass is 19.4. The molecule has 4 rings (SSSR count). The van der Waals surface area contributed by atoms with Crippen molar-refractivity contribution in [3.05, 3.63) is 58.3 Å². The first kappa shape index (κ1) is 23.0. The van der Waals surface area contributed by atoms with Crippen LogP contribution in [0.1, 0.15) is 30.5 Å². The third kappa shape index (κ3) is 4.77. The van der Waals surface area contributed by atoms with Crippen LogP contribution in [0.15, 0.2) is 41.5 Å². The Morgan fingerprint density at radius 1 is 1.15 bits per heavy atom. The SMILES string of the molecule is Cn1nc2c(=O)n(CC3(O)CCN(C(=O)CCc4ccccc4)CC3)cnc2c1C(F)(F)F. The fourth-order valence-corrected chi connectivity index (χ4v) is 4.23. The van der Waals surface area contributed by atoms with E-state index in [-0.39, 0.29) is 25.3 Å². The molecular formula is C22H24F3N5O3. The van der Waals surface area contributed by atoms with E-state index in [0.717, 1.165) is 23.5 Å². The van der Waals surface area contributed by atoms with Crippen LogP contribution in [0.2, 0.25) is 0 Å². The van der Waals surface area contributed by atoms with Crippen molar-refractivity contribution in [2.75, 3.05) is 13.1 Å². The lowest BCUT2D eigenvalue weighted by Crippen LogP contribution is -2.49. The average molecular weight is 463 g/mol. The van der Waals surface area contributed by atoms with Gasteiger partial charge in [0.15, 0.2) is 11.2 Å². The number of hydrogen-bond donors (Lipinski definition) is 1. The van der Waals surface area contributed by atoms with Crippen molar-refractivity contribution in [2.45, 2.75) is 44.0 Å². The Labute approximate surface area is 187 Å². The number of carbonyl (C=O) groups excluding carboxylic acids is 1. The number of rotatable bonds is 5. The number of piperidine rings is 1. The molecule has 0 aliphatic carbocycles. The number of hydrogen-bond acceptors (Lipinski definition) is 5. The summed E-state index contributed by atoms with van der Waals surface area (Å²) in [5.41, 5.74) is -2.97. The van der Waals surface area contributed by atoms with Crippen molar-refractivity contribution in [1.29, 1.82) is 0 Å². The minimum Gasteiger partial charge on any atom is -0.388 e. The Kier molecular flexibility index (Phi) is 6.00. The van der Waals surface area contributed by atoms with Gasteiger partial charge in [-0.1, -0.05) is 30.3 Å². The second kappa shape index (κ2) is 8.62. The predicted molar refractivity (Wildman–Crippen MR) is 113 cm³/mol. The van der Waals surface area contributed by atoms with Gasteiger partial charge in [-0.25, -0.2) is 4.98 Å². The minimum absolute atomic E-state index is 0.00526. The van der Waals surface area contributed by atoms with Crippen LogP contribution in [-0.2, 0) is 31.0 Å². The van der Waals surface area contributed by atoms with Crippen molar-refractivity contribution in [1.82, 2.24) is 24.2 Å². The highest BCUT2D eigenvalue weighted by Crippen LogP contribution is 2.32. The number of nitrogens with zero attached hydrogens (tertiary/aromatic N) is 5. The van der Waals surface area contributed by atoms with Gasteiger partial charge < -0.3 is 10.0 Å². The first-order chi connectivity index (χ1) is 15.6. The lowest BCUT2D eigenvalue weighted by Gasteiger charge is -2.38. The fourth-order valence-electron chi connectivity index (χ4n) is 4.23. The molecule has 0 spiro atoms. The van der Waals surface area contributed by atoms with Crippen LogP contribution < -0.4 is 5.56 Å². The monoisotopic (exact) mass is 463 g/mol. The number of halogens is 3. The number of alkyl halides is 3. The molecule has 0 radical (unpaired) electrons. The molecule has 2 aromatic heterocycles. The second-order valence-corrected chi connectivity index (χ2v) is 8.44. The number of aromatic nitrogens is 4. The molecule has 3 heterocycles. The minimum atomic E-state index is -4.70. The van der Waals surface area contributed by atoms with E-state index in [2.05, 4.69) is 10.1 Å². The Bertz CT molecular complexity index is 1210. The van der Waals surface area contributed by atoms with Crippen LogP contribution >= 0.6 is 0 Å². The summed E-state index contributed by atoms with van der Waals surface area (Å²) in [7, 11) is 1.10. The van der Waals surface area contributed by atoms with E-state index in [9.17, 15) is 27.9 Å². The van der Waals surface area contributed by atoms with Gasteiger partial charge in [-0.05, 0) is 24.8 Å². The number of carbonyl (C=O) groups is 1. The molecule has 0 unspecified atom stereocenters. The molecule has 0 saturated carbocycles. The van der Waals surface area contributed by atoms with E-state index in [1.54, 1.807) is 4.90 Å². The van der Waals surface area contributed by atoms with E-state index >= 15 is 0 Å². The summed E-state index contributed by atoms with van der Waals surface area (Å²) in [5, 5.41) is 14.7. The van der Waals surface area contributed by atoms with Gasteiger partial charge in [-0.15, -0.1) is 0 Å². The molecule has 1 aromatic carbocycles. The van der Waals surface area contributed by atoms with Gasteiger partial charge in [-0.3, -0.25) is 18.8 Å². The first-order valence-corrected chi connectivity index (χ1v) is 10.6. The molecule has 1 fully saturated rings. The van der Waals surface area contributed by atoms with Crippen molar-refractivity contribution in [3.63, 3.8) is 0 Å². The van der Waals surface area contributed by atoms with Crippen LogP contribution in [-0.4, -0.2) is 53.9 Å². The van der Waals surface area contributed by atoms with Gasteiger partial charge >= 0.3 is 6.18 Å². The Balaban J connectivity index is 1.42. The maximum Gasteiger partial charge on any atom is 0.435 e. The molecular weight excluding hydrogens is 439 g/mol. The lowest BCUT2D eigenvalue weighted by atomic mass is 9.91. The number of aryl methyl sites for hydroxylation is 2. The summed E-state index contributed by atoms with van der Waals surface area (Å²) < 4.78 is 41.4. The Hall–Kier alpha value is -3.21. The molecule has 8 nitrogen and oxygen atoms in total. The largest absolute Gasteiger partial charge is 0.435 e. The van der Waals surface area contributed by atoms with Gasteiger partial charge in [-0.2, -0.15) is 18.3 Å². The van der Waals surface area contributed by atoms with Crippen molar-refractivity contribution < 1.29 is 23.1 Å². The molecule has 1 saturated heterocycles. The summed E-state index contributed by atoms with van der Waals surface area (Å²) in [6.45, 7) is 0.519. The van der Waals surface area contributed by atoms with Gasteiger partial charge in [0.05, 0.1) is 18.5 Å². The smallest absolute Gasteiger partial charge is 0.388 e. The summed E-state index contributed by atoms with van der Waals surface area (Å²) in [5.74, 6) is -0.00526. The molecule has 176 valence electrons. The molecule has 3 aromatic rings. The van der Waals surface area contributed by atoms with Gasteiger partial charge in [0.25, 0.3) is 5.56 Å². The van der Waals surface area contributed by atoms with Gasteiger partial charge in [0, 0.05) is 26.6 Å². The maximum absolute atomic E-state index is 13.2. The summed E-state index contributed by atoms with van der Waals surface area (Å²) in [4.78, 5) is 30.8. The van der Waals surface area contributed by atoms with Crippen molar-refractivity contribution in [3.8, 4) is 0 Å². The number of fused-ring (bicyclic) bond motifs is 1. The highest BCUT2D eigenvalue weighted by molar-refractivity contribution is 5.77. The molecule has 1 N–H and O–H groups in total. The fraction of sp³-hybridized carbons (Fsp3) is 0.455. The zero-order chi connectivity index (χ0) is 23.8. The molecule has 1 aliphatic heterocycles. The van der Waals surface area contributed by atoms with Crippen LogP contribution in [0.4, 0.5) is 13.2 Å². The summed E-state index contributed by atoms with van der Waals surface area (Å²) >= 11 is 0. The van der Waals surface area contributed by atoms with Crippen LogP contribution in [0.5, 0.6) is 0 Å². The van der Waals surface area contributed by atoms with Crippen molar-refractivity contribution >= 4 is 16.9 Å². The third-order valence-electron chi connectivity index (χ3n) is 6.06. The van der Waals surface area contributed by atoms with E-state index < -0.39 is 34.1 Å². The van der Waals surface area contributed by atoms with E-state index in [4.69, 9.17) is 0 Å². The van der Waals surface area contributed by atoms with E-state index in [1.807, 2.05) is 30.3 Å². The molecule has 33 heavy (non-hydrogen) atoms. The quantitative estimate of drug-likeness (QED) is 0.626. The Morgan fingerprint density at radius 3 is 2.45 bits per heavy atom. The van der Waals surface area contributed by atoms with Gasteiger partial charge in [0.2, 0.25) is 5.91 Å². The molecule has 1 aliphatic rings. The van der Waals surface area contributed by atoms with E-state index in [0.29, 0.717) is 30.6 Å². The average Bonchev–Trinajstić information content (AvgIpc) is 3.12. The van der Waals surface area contributed by atoms with E-state index in [1.165, 1.54) is 0 Å². The zero-order valence-corrected chi connectivity index (χ0v) is 18.0. The zero-order valence-electron chi connectivity index (χ0n) is 18.0. The first-order valence-electron chi connectivity index (χ1n) is 10.6. The second-order valence-electron chi connectivity index (χ2n) is 8.44. The highest BCUT2D eigenvalue weighted by Gasteiger charge is 2.39. The number of likely N-dealkylation sites (tertiary alicyclic amines) is 1. The third-order valence-corrected chi connectivity index (χ3v) is 6.06.